The van der Waals surface area contributed by atoms with E-state index in [1.54, 1.807) is 0 Å². The predicted molar refractivity (Wildman–Crippen MR) is 82.6 cm³/mol. The summed E-state index contributed by atoms with van der Waals surface area (Å²) in [6, 6.07) is 9.92. The zero-order valence-electron chi connectivity index (χ0n) is 11.1. The van der Waals surface area contributed by atoms with Crippen molar-refractivity contribution in [3.05, 3.63) is 35.9 Å². The molecule has 19 heavy (non-hydrogen) atoms. The molecule has 3 atom stereocenters. The summed E-state index contributed by atoms with van der Waals surface area (Å²) in [5.74, 6) is 0. The third kappa shape index (κ3) is 4.35. The van der Waals surface area contributed by atoms with E-state index in [0.29, 0.717) is 0 Å². The molecule has 0 spiro atoms. The van der Waals surface area contributed by atoms with Gasteiger partial charge in [-0.05, 0) is 25.2 Å². The lowest BCUT2D eigenvalue weighted by atomic mass is 10.1. The van der Waals surface area contributed by atoms with Gasteiger partial charge in [0.15, 0.2) is 8.32 Å². The summed E-state index contributed by atoms with van der Waals surface area (Å²) >= 11 is 18.1. The molecule has 0 aliphatic carbocycles. The molecule has 0 aromatic heterocycles. The van der Waals surface area contributed by atoms with Crippen molar-refractivity contribution in [1.82, 2.24) is 0 Å². The standard InChI is InChI=1S/C13H17Cl3O2Si/c1-19(2,3)18-12(13(14,15)16)11-10(17-11)9-7-5-4-6-8-9/h4-8,10-12H,1-3H3/t10-,11-,12-/m1/s1. The summed E-state index contributed by atoms with van der Waals surface area (Å²) in [4.78, 5) is 0. The lowest BCUT2D eigenvalue weighted by Crippen LogP contribution is -2.42. The average molecular weight is 340 g/mol. The Hall–Kier alpha value is 0.227. The molecule has 2 rings (SSSR count). The van der Waals surface area contributed by atoms with Crippen LogP contribution in [0.3, 0.4) is 0 Å². The van der Waals surface area contributed by atoms with Crippen molar-refractivity contribution in [1.29, 1.82) is 0 Å². The lowest BCUT2D eigenvalue weighted by molar-refractivity contribution is 0.155. The second kappa shape index (κ2) is 5.55. The number of benzene rings is 1. The topological polar surface area (TPSA) is 21.8 Å². The van der Waals surface area contributed by atoms with Crippen molar-refractivity contribution in [2.75, 3.05) is 0 Å². The van der Waals surface area contributed by atoms with Crippen molar-refractivity contribution in [3.63, 3.8) is 0 Å². The molecule has 1 fully saturated rings. The van der Waals surface area contributed by atoms with Crippen LogP contribution in [0.1, 0.15) is 11.7 Å². The Morgan fingerprint density at radius 3 is 2.21 bits per heavy atom. The van der Waals surface area contributed by atoms with E-state index in [-0.39, 0.29) is 12.2 Å². The molecule has 2 nitrogen and oxygen atoms in total. The largest absolute Gasteiger partial charge is 0.408 e. The first-order valence-corrected chi connectivity index (χ1v) is 10.7. The summed E-state index contributed by atoms with van der Waals surface area (Å²) in [5.41, 5.74) is 1.09. The van der Waals surface area contributed by atoms with Crippen molar-refractivity contribution in [2.45, 2.75) is 41.7 Å². The van der Waals surface area contributed by atoms with Gasteiger partial charge in [0, 0.05) is 0 Å². The van der Waals surface area contributed by atoms with E-state index in [1.165, 1.54) is 0 Å². The molecule has 1 aromatic rings. The van der Waals surface area contributed by atoms with Gasteiger partial charge < -0.3 is 9.16 Å². The summed E-state index contributed by atoms with van der Waals surface area (Å²) in [5, 5.41) is 0. The van der Waals surface area contributed by atoms with Gasteiger partial charge in [-0.2, -0.15) is 0 Å². The Morgan fingerprint density at radius 1 is 1.16 bits per heavy atom. The molecular weight excluding hydrogens is 323 g/mol. The van der Waals surface area contributed by atoms with Crippen LogP contribution in [0.4, 0.5) is 0 Å². The van der Waals surface area contributed by atoms with Crippen molar-refractivity contribution < 1.29 is 9.16 Å². The van der Waals surface area contributed by atoms with E-state index in [2.05, 4.69) is 19.6 Å². The van der Waals surface area contributed by atoms with Crippen LogP contribution < -0.4 is 0 Å². The number of rotatable bonds is 4. The summed E-state index contributed by atoms with van der Waals surface area (Å²) in [7, 11) is -1.82. The van der Waals surface area contributed by atoms with E-state index in [0.717, 1.165) is 5.56 Å². The number of epoxide rings is 1. The first-order valence-electron chi connectivity index (χ1n) is 6.13. The van der Waals surface area contributed by atoms with Crippen LogP contribution in [0.2, 0.25) is 19.6 Å². The molecule has 6 heteroatoms. The van der Waals surface area contributed by atoms with Crippen molar-refractivity contribution in [2.24, 2.45) is 0 Å². The van der Waals surface area contributed by atoms with Gasteiger partial charge in [-0.1, -0.05) is 65.1 Å². The molecule has 0 amide bonds. The first-order chi connectivity index (χ1) is 8.68. The third-order valence-corrected chi connectivity index (χ3v) is 4.36. The number of alkyl halides is 3. The maximum absolute atomic E-state index is 6.04. The highest BCUT2D eigenvalue weighted by atomic mass is 35.6. The molecule has 1 aliphatic rings. The van der Waals surface area contributed by atoms with Gasteiger partial charge >= 0.3 is 0 Å². The van der Waals surface area contributed by atoms with Gasteiger partial charge in [-0.3, -0.25) is 0 Å². The zero-order valence-corrected chi connectivity index (χ0v) is 14.3. The minimum Gasteiger partial charge on any atom is -0.408 e. The molecule has 1 heterocycles. The molecule has 0 bridgehead atoms. The Morgan fingerprint density at radius 2 is 1.74 bits per heavy atom. The summed E-state index contributed by atoms with van der Waals surface area (Å²) < 4.78 is 10.2. The highest BCUT2D eigenvalue weighted by Gasteiger charge is 2.54. The Labute approximate surface area is 130 Å². The highest BCUT2D eigenvalue weighted by molar-refractivity contribution is 6.71. The van der Waals surface area contributed by atoms with Crippen LogP contribution in [-0.2, 0) is 9.16 Å². The van der Waals surface area contributed by atoms with Gasteiger partial charge in [-0.15, -0.1) is 0 Å². The molecule has 106 valence electrons. The number of hydrogen-bond donors (Lipinski definition) is 0. The van der Waals surface area contributed by atoms with E-state index < -0.39 is 18.2 Å². The van der Waals surface area contributed by atoms with Gasteiger partial charge in [0.2, 0.25) is 3.79 Å². The van der Waals surface area contributed by atoms with Gasteiger partial charge in [0.25, 0.3) is 0 Å². The van der Waals surface area contributed by atoms with Crippen LogP contribution in [0.5, 0.6) is 0 Å². The monoisotopic (exact) mass is 338 g/mol. The fourth-order valence-electron chi connectivity index (χ4n) is 1.97. The van der Waals surface area contributed by atoms with Crippen molar-refractivity contribution in [3.8, 4) is 0 Å². The molecule has 0 saturated carbocycles. The van der Waals surface area contributed by atoms with E-state index in [4.69, 9.17) is 44.0 Å². The second-order valence-electron chi connectivity index (χ2n) is 5.62. The Bertz CT molecular complexity index is 428. The van der Waals surface area contributed by atoms with E-state index in [1.807, 2.05) is 30.3 Å². The molecule has 0 N–H and O–H groups in total. The van der Waals surface area contributed by atoms with E-state index in [9.17, 15) is 0 Å². The SMILES string of the molecule is C[Si](C)(C)O[C@H]([C@@H]1O[C@@H]1c1ccccc1)C(Cl)(Cl)Cl. The van der Waals surface area contributed by atoms with Crippen LogP contribution in [-0.4, -0.2) is 24.3 Å². The van der Waals surface area contributed by atoms with Crippen molar-refractivity contribution >= 4 is 43.1 Å². The molecular formula is C13H17Cl3O2Si. The van der Waals surface area contributed by atoms with Gasteiger partial charge in [0.1, 0.15) is 18.3 Å². The van der Waals surface area contributed by atoms with E-state index >= 15 is 0 Å². The smallest absolute Gasteiger partial charge is 0.217 e. The summed E-state index contributed by atoms with van der Waals surface area (Å²) in [6.07, 6.45) is -0.769. The second-order valence-corrected chi connectivity index (χ2v) is 12.5. The van der Waals surface area contributed by atoms with Crippen LogP contribution in [0, 0.1) is 0 Å². The molecule has 0 unspecified atom stereocenters. The predicted octanol–water partition coefficient (Wildman–Crippen LogP) is 4.72. The normalized spacial score (nSPS) is 25.2. The minimum atomic E-state index is -1.82. The molecule has 1 saturated heterocycles. The van der Waals surface area contributed by atoms with Gasteiger partial charge in [-0.25, -0.2) is 0 Å². The Kier molecular flexibility index (Phi) is 4.56. The maximum atomic E-state index is 6.04. The van der Waals surface area contributed by atoms with Crippen LogP contribution in [0.15, 0.2) is 30.3 Å². The summed E-state index contributed by atoms with van der Waals surface area (Å²) in [6.45, 7) is 6.20. The fraction of sp³-hybridized carbons (Fsp3) is 0.538. The fourth-order valence-corrected chi connectivity index (χ4v) is 3.77. The average Bonchev–Trinajstić information content (AvgIpc) is 3.04. The minimum absolute atomic E-state index is 0.0434. The Balaban J connectivity index is 2.11. The number of halogens is 3. The lowest BCUT2D eigenvalue weighted by Gasteiger charge is -2.30. The highest BCUT2D eigenvalue weighted by Crippen LogP contribution is 2.49. The van der Waals surface area contributed by atoms with Crippen LogP contribution in [0.25, 0.3) is 0 Å². The van der Waals surface area contributed by atoms with Crippen LogP contribution >= 0.6 is 34.8 Å². The number of ether oxygens (including phenoxy) is 1. The zero-order chi connectivity index (χ0) is 14.3. The molecule has 1 aliphatic heterocycles. The quantitative estimate of drug-likeness (QED) is 0.450. The molecule has 0 radical (unpaired) electrons. The maximum Gasteiger partial charge on any atom is 0.217 e. The third-order valence-electron chi connectivity index (χ3n) is 2.76. The van der Waals surface area contributed by atoms with Gasteiger partial charge in [0.05, 0.1) is 0 Å². The first kappa shape index (κ1) is 15.6. The molecule has 1 aromatic carbocycles. The number of hydrogen-bond acceptors (Lipinski definition) is 2.